The van der Waals surface area contributed by atoms with Crippen LogP contribution in [0.5, 0.6) is 0 Å². The van der Waals surface area contributed by atoms with Crippen LogP contribution in [0, 0.1) is 0 Å². The van der Waals surface area contributed by atoms with E-state index >= 15 is 0 Å². The van der Waals surface area contributed by atoms with E-state index in [1.165, 1.54) is 0 Å². The van der Waals surface area contributed by atoms with Gasteiger partial charge in [-0.1, -0.05) is 0 Å². The summed E-state index contributed by atoms with van der Waals surface area (Å²) < 4.78 is 0. The van der Waals surface area contributed by atoms with Crippen molar-refractivity contribution in [3.63, 3.8) is 0 Å². The van der Waals surface area contributed by atoms with E-state index in [0.29, 0.717) is 16.6 Å². The van der Waals surface area contributed by atoms with Gasteiger partial charge in [0.1, 0.15) is 0 Å². The zero-order valence-corrected chi connectivity index (χ0v) is 9.58. The second-order valence-electron chi connectivity index (χ2n) is 3.80. The minimum Gasteiger partial charge on any atom is -0.394 e. The molecule has 0 aliphatic carbocycles. The van der Waals surface area contributed by atoms with Crippen LogP contribution in [0.4, 0.5) is 0 Å². The van der Waals surface area contributed by atoms with E-state index in [2.05, 4.69) is 15.3 Å². The Bertz CT molecular complexity index is 555. The Morgan fingerprint density at radius 2 is 1.83 bits per heavy atom. The molecule has 0 unspecified atom stereocenters. The molecule has 0 saturated heterocycles. The van der Waals surface area contributed by atoms with Gasteiger partial charge in [-0.3, -0.25) is 14.8 Å². The smallest absolute Gasteiger partial charge is 0.251 e. The maximum absolute atomic E-state index is 11.8. The molecule has 3 N–H and O–H groups in total. The van der Waals surface area contributed by atoms with E-state index in [-0.39, 0.29) is 19.1 Å². The number of carbonyl (C=O) groups is 1. The van der Waals surface area contributed by atoms with Crippen LogP contribution in [0.25, 0.3) is 11.0 Å². The average Bonchev–Trinajstić information content (AvgIpc) is 2.44. The molecule has 0 fully saturated rings. The molecular formula is C12H13N3O3. The lowest BCUT2D eigenvalue weighted by atomic mass is 10.1. The first kappa shape index (κ1) is 12.4. The standard InChI is InChI=1S/C12H13N3O3/c16-6-9(7-17)15-12(18)8-1-2-10-11(5-8)14-4-3-13-10/h1-5,9,16-17H,6-7H2,(H,15,18). The number of benzene rings is 1. The van der Waals surface area contributed by atoms with Gasteiger partial charge in [-0.05, 0) is 18.2 Å². The SMILES string of the molecule is O=C(NC(CO)CO)c1ccc2nccnc2c1. The number of aromatic nitrogens is 2. The lowest BCUT2D eigenvalue weighted by Gasteiger charge is -2.13. The number of amides is 1. The molecule has 1 aromatic heterocycles. The monoisotopic (exact) mass is 247 g/mol. The quantitative estimate of drug-likeness (QED) is 0.690. The molecule has 0 atom stereocenters. The van der Waals surface area contributed by atoms with Crippen molar-refractivity contribution in [1.82, 2.24) is 15.3 Å². The number of carbonyl (C=O) groups excluding carboxylic acids is 1. The molecule has 6 nitrogen and oxygen atoms in total. The molecule has 18 heavy (non-hydrogen) atoms. The predicted octanol–water partition coefficient (Wildman–Crippen LogP) is -0.287. The maximum atomic E-state index is 11.8. The molecule has 2 aromatic rings. The highest BCUT2D eigenvalue weighted by atomic mass is 16.3. The molecule has 0 radical (unpaired) electrons. The number of hydrogen-bond acceptors (Lipinski definition) is 5. The molecule has 0 aliphatic rings. The fourth-order valence-electron chi connectivity index (χ4n) is 1.52. The highest BCUT2D eigenvalue weighted by Crippen LogP contribution is 2.10. The van der Waals surface area contributed by atoms with Gasteiger partial charge >= 0.3 is 0 Å². The zero-order chi connectivity index (χ0) is 13.0. The fourth-order valence-corrected chi connectivity index (χ4v) is 1.52. The number of nitrogens with zero attached hydrogens (tertiary/aromatic N) is 2. The summed E-state index contributed by atoms with van der Waals surface area (Å²) in [4.78, 5) is 20.0. The van der Waals surface area contributed by atoms with Crippen LogP contribution < -0.4 is 5.32 Å². The molecule has 0 saturated carbocycles. The van der Waals surface area contributed by atoms with Crippen LogP contribution in [-0.2, 0) is 0 Å². The van der Waals surface area contributed by atoms with E-state index in [9.17, 15) is 4.79 Å². The molecule has 1 aromatic carbocycles. The van der Waals surface area contributed by atoms with Gasteiger partial charge in [0, 0.05) is 18.0 Å². The molecule has 0 bridgehead atoms. The Morgan fingerprint density at radius 3 is 2.50 bits per heavy atom. The van der Waals surface area contributed by atoms with Crippen molar-refractivity contribution >= 4 is 16.9 Å². The van der Waals surface area contributed by atoms with Gasteiger partial charge in [-0.15, -0.1) is 0 Å². The third-order valence-electron chi connectivity index (χ3n) is 2.51. The number of rotatable bonds is 4. The maximum Gasteiger partial charge on any atom is 0.251 e. The molecule has 6 heteroatoms. The highest BCUT2D eigenvalue weighted by Gasteiger charge is 2.12. The normalized spacial score (nSPS) is 10.8. The Kier molecular flexibility index (Phi) is 3.81. The summed E-state index contributed by atoms with van der Waals surface area (Å²) in [6.07, 6.45) is 3.13. The summed E-state index contributed by atoms with van der Waals surface area (Å²) in [6.45, 7) is -0.620. The number of hydrogen-bond donors (Lipinski definition) is 3. The molecule has 94 valence electrons. The van der Waals surface area contributed by atoms with E-state index in [0.717, 1.165) is 0 Å². The summed E-state index contributed by atoms with van der Waals surface area (Å²) in [5, 5.41) is 20.3. The van der Waals surface area contributed by atoms with Crippen molar-refractivity contribution in [2.24, 2.45) is 0 Å². The van der Waals surface area contributed by atoms with E-state index in [1.807, 2.05) is 0 Å². The minimum absolute atomic E-state index is 0.310. The van der Waals surface area contributed by atoms with Gasteiger partial charge in [-0.25, -0.2) is 0 Å². The van der Waals surface area contributed by atoms with E-state index in [1.54, 1.807) is 30.6 Å². The summed E-state index contributed by atoms with van der Waals surface area (Å²) in [7, 11) is 0. The van der Waals surface area contributed by atoms with Gasteiger partial charge in [0.25, 0.3) is 5.91 Å². The molecular weight excluding hydrogens is 234 g/mol. The van der Waals surface area contributed by atoms with Crippen LogP contribution in [0.2, 0.25) is 0 Å². The largest absolute Gasteiger partial charge is 0.394 e. The number of nitrogens with one attached hydrogen (secondary N) is 1. The molecule has 1 amide bonds. The van der Waals surface area contributed by atoms with Gasteiger partial charge in [-0.2, -0.15) is 0 Å². The van der Waals surface area contributed by atoms with Crippen molar-refractivity contribution in [3.8, 4) is 0 Å². The number of aliphatic hydroxyl groups excluding tert-OH is 2. The number of aliphatic hydroxyl groups is 2. The van der Waals surface area contributed by atoms with Crippen molar-refractivity contribution < 1.29 is 15.0 Å². The Hall–Kier alpha value is -2.05. The van der Waals surface area contributed by atoms with Crippen LogP contribution in [-0.4, -0.2) is 45.3 Å². The molecule has 0 spiro atoms. The first-order valence-electron chi connectivity index (χ1n) is 5.48. The minimum atomic E-state index is -0.657. The third-order valence-corrected chi connectivity index (χ3v) is 2.51. The summed E-state index contributed by atoms with van der Waals surface area (Å²) in [5.74, 6) is -0.365. The Balaban J connectivity index is 2.22. The summed E-state index contributed by atoms with van der Waals surface area (Å²) in [6, 6.07) is 4.28. The fraction of sp³-hybridized carbons (Fsp3) is 0.250. The lowest BCUT2D eigenvalue weighted by Crippen LogP contribution is -2.40. The molecule has 0 aliphatic heterocycles. The van der Waals surface area contributed by atoms with Gasteiger partial charge < -0.3 is 15.5 Å². The molecule has 1 heterocycles. The second kappa shape index (κ2) is 5.52. The van der Waals surface area contributed by atoms with Gasteiger partial charge in [0.2, 0.25) is 0 Å². The van der Waals surface area contributed by atoms with E-state index < -0.39 is 6.04 Å². The highest BCUT2D eigenvalue weighted by molar-refractivity contribution is 5.97. The van der Waals surface area contributed by atoms with Crippen LogP contribution in [0.15, 0.2) is 30.6 Å². The van der Waals surface area contributed by atoms with Gasteiger partial charge in [0.05, 0.1) is 30.3 Å². The summed E-state index contributed by atoms with van der Waals surface area (Å²) in [5.41, 5.74) is 1.74. The molecule has 2 rings (SSSR count). The van der Waals surface area contributed by atoms with Crippen LogP contribution in [0.1, 0.15) is 10.4 Å². The second-order valence-corrected chi connectivity index (χ2v) is 3.80. The average molecular weight is 247 g/mol. The number of fused-ring (bicyclic) bond motifs is 1. The zero-order valence-electron chi connectivity index (χ0n) is 9.58. The first-order valence-corrected chi connectivity index (χ1v) is 5.48. The van der Waals surface area contributed by atoms with E-state index in [4.69, 9.17) is 10.2 Å². The Morgan fingerprint density at radius 1 is 1.17 bits per heavy atom. The third kappa shape index (κ3) is 2.61. The predicted molar refractivity (Wildman–Crippen MR) is 65.0 cm³/mol. The van der Waals surface area contributed by atoms with Crippen molar-refractivity contribution in [1.29, 1.82) is 0 Å². The van der Waals surface area contributed by atoms with Crippen LogP contribution in [0.3, 0.4) is 0 Å². The summed E-state index contributed by atoms with van der Waals surface area (Å²) >= 11 is 0. The van der Waals surface area contributed by atoms with Crippen molar-refractivity contribution in [2.75, 3.05) is 13.2 Å². The first-order chi connectivity index (χ1) is 8.74. The van der Waals surface area contributed by atoms with Crippen molar-refractivity contribution in [2.45, 2.75) is 6.04 Å². The topological polar surface area (TPSA) is 95.3 Å². The van der Waals surface area contributed by atoms with Crippen LogP contribution >= 0.6 is 0 Å². The lowest BCUT2D eigenvalue weighted by molar-refractivity contribution is 0.0879. The Labute approximate surface area is 103 Å². The van der Waals surface area contributed by atoms with Crippen molar-refractivity contribution in [3.05, 3.63) is 36.2 Å². The van der Waals surface area contributed by atoms with Gasteiger partial charge in [0.15, 0.2) is 0 Å².